The number of hydrogen-bond acceptors (Lipinski definition) is 6. The summed E-state index contributed by atoms with van der Waals surface area (Å²) in [4.78, 5) is 29.8. The Kier molecular flexibility index (Phi) is 6.95. The van der Waals surface area contributed by atoms with Gasteiger partial charge in [-0.1, -0.05) is 26.0 Å². The van der Waals surface area contributed by atoms with Gasteiger partial charge in [0.25, 0.3) is 5.91 Å². The Hall–Kier alpha value is -3.06. The number of carbonyl (C=O) groups is 2. The molecule has 2 heterocycles. The number of aliphatic hydroxyl groups excluding tert-OH is 1. The highest BCUT2D eigenvalue weighted by molar-refractivity contribution is 6.15. The van der Waals surface area contributed by atoms with E-state index in [0.29, 0.717) is 12.3 Å². The number of furan rings is 1. The van der Waals surface area contributed by atoms with E-state index in [1.807, 2.05) is 12.1 Å². The minimum Gasteiger partial charge on any atom is -0.503 e. The largest absolute Gasteiger partial charge is 0.503 e. The average molecular weight is 412 g/mol. The van der Waals surface area contributed by atoms with Crippen molar-refractivity contribution in [2.45, 2.75) is 26.3 Å². The Labute approximate surface area is 176 Å². The summed E-state index contributed by atoms with van der Waals surface area (Å²) in [6, 6.07) is 9.62. The highest BCUT2D eigenvalue weighted by Crippen LogP contribution is 2.39. The van der Waals surface area contributed by atoms with Crippen LogP contribution in [-0.4, -0.2) is 59.9 Å². The molecule has 0 spiro atoms. The fourth-order valence-corrected chi connectivity index (χ4v) is 3.79. The van der Waals surface area contributed by atoms with Gasteiger partial charge in [0.1, 0.15) is 5.75 Å². The number of hydrogen-bond donors (Lipinski definition) is 1. The van der Waals surface area contributed by atoms with Gasteiger partial charge in [0.2, 0.25) is 5.78 Å². The van der Waals surface area contributed by atoms with Gasteiger partial charge in [-0.2, -0.15) is 0 Å². The zero-order chi connectivity index (χ0) is 21.7. The van der Waals surface area contributed by atoms with Gasteiger partial charge in [0.05, 0.1) is 25.0 Å². The summed E-state index contributed by atoms with van der Waals surface area (Å²) in [5.41, 5.74) is 0.772. The molecule has 0 bridgehead atoms. The summed E-state index contributed by atoms with van der Waals surface area (Å²) < 4.78 is 10.5. The smallest absolute Gasteiger partial charge is 0.290 e. The lowest BCUT2D eigenvalue weighted by atomic mass is 9.95. The molecular weight excluding hydrogens is 384 g/mol. The monoisotopic (exact) mass is 412 g/mol. The van der Waals surface area contributed by atoms with Crippen molar-refractivity contribution in [1.82, 2.24) is 9.80 Å². The van der Waals surface area contributed by atoms with Crippen molar-refractivity contribution in [3.8, 4) is 5.75 Å². The lowest BCUT2D eigenvalue weighted by molar-refractivity contribution is -0.129. The van der Waals surface area contributed by atoms with Gasteiger partial charge in [-0.15, -0.1) is 0 Å². The number of carbonyl (C=O) groups excluding carboxylic acids is 2. The van der Waals surface area contributed by atoms with Gasteiger partial charge >= 0.3 is 0 Å². The zero-order valence-corrected chi connectivity index (χ0v) is 17.6. The maximum Gasteiger partial charge on any atom is 0.290 e. The first-order valence-electron chi connectivity index (χ1n) is 10.2. The van der Waals surface area contributed by atoms with Crippen molar-refractivity contribution in [3.05, 3.63) is 65.3 Å². The van der Waals surface area contributed by atoms with Crippen molar-refractivity contribution < 1.29 is 23.8 Å². The number of ketones is 1. The molecule has 1 unspecified atom stereocenters. The number of ether oxygens (including phenoxy) is 1. The Balaban J connectivity index is 1.93. The van der Waals surface area contributed by atoms with Crippen molar-refractivity contribution in [1.29, 1.82) is 0 Å². The summed E-state index contributed by atoms with van der Waals surface area (Å²) in [6.45, 7) is 7.30. The molecule has 1 aromatic heterocycles. The average Bonchev–Trinajstić information content (AvgIpc) is 3.39. The van der Waals surface area contributed by atoms with Crippen LogP contribution < -0.4 is 4.74 Å². The van der Waals surface area contributed by atoms with Crippen LogP contribution in [-0.2, 0) is 4.79 Å². The number of methoxy groups -OCH3 is 1. The topological polar surface area (TPSA) is 83.2 Å². The molecule has 7 nitrogen and oxygen atoms in total. The molecule has 1 N–H and O–H groups in total. The second kappa shape index (κ2) is 9.63. The molecule has 0 saturated heterocycles. The molecule has 1 aliphatic rings. The van der Waals surface area contributed by atoms with Crippen LogP contribution in [0, 0.1) is 0 Å². The molecule has 1 amide bonds. The maximum atomic E-state index is 13.1. The third-order valence-electron chi connectivity index (χ3n) is 5.49. The molecule has 1 aromatic carbocycles. The number of aliphatic hydroxyl groups is 1. The highest BCUT2D eigenvalue weighted by atomic mass is 16.5. The fourth-order valence-electron chi connectivity index (χ4n) is 3.79. The van der Waals surface area contributed by atoms with Crippen LogP contribution in [0.4, 0.5) is 0 Å². The van der Waals surface area contributed by atoms with Crippen molar-refractivity contribution in [2.24, 2.45) is 0 Å². The standard InChI is InChI=1S/C23H28N2O5/c1-4-24(5-2)13-7-14-25-20(16-9-11-17(29-3)12-10-16)19(22(27)23(25)28)21(26)18-8-6-15-30-18/h6,8-12,15,20,27H,4-5,7,13-14H2,1-3H3. The SMILES string of the molecule is CCN(CC)CCCN1C(=O)C(O)=C(C(=O)c2ccco2)C1c1ccc(OC)cc1. The lowest BCUT2D eigenvalue weighted by Crippen LogP contribution is -2.34. The van der Waals surface area contributed by atoms with Crippen LogP contribution in [0.1, 0.15) is 42.4 Å². The van der Waals surface area contributed by atoms with Crippen LogP contribution in [0.5, 0.6) is 5.75 Å². The van der Waals surface area contributed by atoms with E-state index in [1.165, 1.54) is 12.3 Å². The van der Waals surface area contributed by atoms with Crippen molar-refractivity contribution >= 4 is 11.7 Å². The number of benzene rings is 1. The van der Waals surface area contributed by atoms with Gasteiger partial charge in [-0.3, -0.25) is 9.59 Å². The van der Waals surface area contributed by atoms with E-state index in [2.05, 4.69) is 18.7 Å². The predicted octanol–water partition coefficient (Wildman–Crippen LogP) is 3.60. The lowest BCUT2D eigenvalue weighted by Gasteiger charge is -2.28. The van der Waals surface area contributed by atoms with Crippen molar-refractivity contribution in [2.75, 3.05) is 33.3 Å². The maximum absolute atomic E-state index is 13.1. The molecule has 0 saturated carbocycles. The van der Waals surface area contributed by atoms with Gasteiger partial charge in [-0.25, -0.2) is 0 Å². The Bertz CT molecular complexity index is 898. The number of rotatable bonds is 10. The minimum atomic E-state index is -0.683. The molecule has 1 atom stereocenters. The van der Waals surface area contributed by atoms with Gasteiger partial charge in [-0.05, 0) is 55.9 Å². The van der Waals surface area contributed by atoms with Gasteiger partial charge in [0.15, 0.2) is 11.5 Å². The number of nitrogens with zero attached hydrogens (tertiary/aromatic N) is 2. The molecule has 30 heavy (non-hydrogen) atoms. The van der Waals surface area contributed by atoms with E-state index >= 15 is 0 Å². The Morgan fingerprint density at radius 1 is 1.20 bits per heavy atom. The minimum absolute atomic E-state index is 0.0444. The fraction of sp³-hybridized carbons (Fsp3) is 0.391. The van der Waals surface area contributed by atoms with Crippen molar-refractivity contribution in [3.63, 3.8) is 0 Å². The predicted molar refractivity (Wildman–Crippen MR) is 113 cm³/mol. The summed E-state index contributed by atoms with van der Waals surface area (Å²) in [5.74, 6) is -0.778. The number of amides is 1. The van der Waals surface area contributed by atoms with E-state index < -0.39 is 23.5 Å². The number of Topliss-reactive ketones (excluding diaryl/α,β-unsaturated/α-hetero) is 1. The van der Waals surface area contributed by atoms with Gasteiger partial charge < -0.3 is 24.1 Å². The van der Waals surface area contributed by atoms with E-state index in [9.17, 15) is 14.7 Å². The van der Waals surface area contributed by atoms with E-state index in [-0.39, 0.29) is 11.3 Å². The van der Waals surface area contributed by atoms with E-state index in [0.717, 1.165) is 31.6 Å². The first kappa shape index (κ1) is 21.6. The molecule has 0 radical (unpaired) electrons. The molecule has 0 aliphatic carbocycles. The van der Waals surface area contributed by atoms with Gasteiger partial charge in [0, 0.05) is 6.54 Å². The summed E-state index contributed by atoms with van der Waals surface area (Å²) >= 11 is 0. The summed E-state index contributed by atoms with van der Waals surface area (Å²) in [6.07, 6.45) is 2.13. The molecule has 0 fully saturated rings. The van der Waals surface area contributed by atoms with Crippen LogP contribution in [0.25, 0.3) is 0 Å². The second-order valence-electron chi connectivity index (χ2n) is 7.12. The summed E-state index contributed by atoms with van der Waals surface area (Å²) in [5, 5.41) is 10.6. The quantitative estimate of drug-likeness (QED) is 0.601. The Morgan fingerprint density at radius 3 is 2.47 bits per heavy atom. The normalized spacial score (nSPS) is 16.6. The Morgan fingerprint density at radius 2 is 1.90 bits per heavy atom. The third-order valence-corrected chi connectivity index (χ3v) is 5.49. The summed E-state index contributed by atoms with van der Waals surface area (Å²) in [7, 11) is 1.57. The molecule has 160 valence electrons. The van der Waals surface area contributed by atoms with E-state index in [1.54, 1.807) is 30.2 Å². The molecule has 3 rings (SSSR count). The molecule has 7 heteroatoms. The first-order chi connectivity index (χ1) is 14.5. The second-order valence-corrected chi connectivity index (χ2v) is 7.12. The molecule has 2 aromatic rings. The highest BCUT2D eigenvalue weighted by Gasteiger charge is 2.44. The van der Waals surface area contributed by atoms with Crippen LogP contribution in [0.3, 0.4) is 0 Å². The van der Waals surface area contributed by atoms with Crippen LogP contribution in [0.2, 0.25) is 0 Å². The van der Waals surface area contributed by atoms with E-state index in [4.69, 9.17) is 9.15 Å². The van der Waals surface area contributed by atoms with Crippen LogP contribution >= 0.6 is 0 Å². The third kappa shape index (κ3) is 4.26. The van der Waals surface area contributed by atoms with Crippen LogP contribution in [0.15, 0.2) is 58.4 Å². The first-order valence-corrected chi connectivity index (χ1v) is 10.2. The zero-order valence-electron chi connectivity index (χ0n) is 17.6. The molecular formula is C23H28N2O5. The molecule has 1 aliphatic heterocycles.